The van der Waals surface area contributed by atoms with Crippen molar-refractivity contribution < 1.29 is 14.3 Å². The minimum Gasteiger partial charge on any atom is -0.490 e. The van der Waals surface area contributed by atoms with Gasteiger partial charge in [0.25, 0.3) is 5.56 Å². The van der Waals surface area contributed by atoms with Crippen molar-refractivity contribution >= 4 is 39.2 Å². The number of nitrogens with one attached hydrogen (secondary N) is 1. The molecule has 0 bridgehead atoms. The fourth-order valence-electron chi connectivity index (χ4n) is 3.67. The zero-order valence-corrected chi connectivity index (χ0v) is 20.1. The van der Waals surface area contributed by atoms with Crippen molar-refractivity contribution in [2.24, 2.45) is 5.92 Å². The maximum absolute atomic E-state index is 12.8. The number of amides is 1. The van der Waals surface area contributed by atoms with Crippen molar-refractivity contribution in [2.75, 3.05) is 19.0 Å². The predicted molar refractivity (Wildman–Crippen MR) is 128 cm³/mol. The fraction of sp³-hybridized carbons (Fsp3) is 0.435. The zero-order chi connectivity index (χ0) is 22.7. The number of fused-ring (bicyclic) bond motifs is 2. The highest BCUT2D eigenvalue weighted by Crippen LogP contribution is 2.34. The molecule has 1 atom stereocenters. The normalized spacial score (nSPS) is 14.4. The molecule has 0 saturated heterocycles. The first-order valence-electron chi connectivity index (χ1n) is 10.8. The maximum Gasteiger partial charge on any atom is 0.272 e. The second kappa shape index (κ2) is 9.95. The SMILES string of the molecule is CCn1c(SCC(=O)NC(c2ccc3c(c2)OCCCO3)C(C)C)nc2ccsc2c1=O. The Labute approximate surface area is 195 Å². The number of hydrogen-bond acceptors (Lipinski definition) is 7. The lowest BCUT2D eigenvalue weighted by atomic mass is 9.95. The molecule has 1 N–H and O–H groups in total. The van der Waals surface area contributed by atoms with Gasteiger partial charge in [0.2, 0.25) is 5.91 Å². The Hall–Kier alpha value is -2.52. The van der Waals surface area contributed by atoms with Crippen LogP contribution in [0.25, 0.3) is 10.2 Å². The second-order valence-electron chi connectivity index (χ2n) is 7.91. The first-order valence-corrected chi connectivity index (χ1v) is 12.6. The first kappa shape index (κ1) is 22.7. The summed E-state index contributed by atoms with van der Waals surface area (Å²) < 4.78 is 13.8. The molecule has 1 aliphatic rings. The third-order valence-electron chi connectivity index (χ3n) is 5.29. The number of hydrogen-bond donors (Lipinski definition) is 1. The van der Waals surface area contributed by atoms with E-state index in [1.807, 2.05) is 36.6 Å². The van der Waals surface area contributed by atoms with E-state index in [1.54, 1.807) is 4.57 Å². The number of thiophene rings is 1. The Balaban J connectivity index is 1.48. The van der Waals surface area contributed by atoms with Crippen molar-refractivity contribution in [2.45, 2.75) is 44.9 Å². The van der Waals surface area contributed by atoms with E-state index in [0.29, 0.717) is 35.1 Å². The predicted octanol–water partition coefficient (Wildman–Crippen LogP) is 4.24. The van der Waals surface area contributed by atoms with Crippen LogP contribution in [-0.4, -0.2) is 34.4 Å². The van der Waals surface area contributed by atoms with Crippen LogP contribution in [0.4, 0.5) is 0 Å². The van der Waals surface area contributed by atoms with Gasteiger partial charge in [-0.25, -0.2) is 4.98 Å². The average molecular weight is 474 g/mol. The van der Waals surface area contributed by atoms with E-state index < -0.39 is 0 Å². The van der Waals surface area contributed by atoms with Crippen LogP contribution < -0.4 is 20.3 Å². The molecule has 1 aliphatic heterocycles. The summed E-state index contributed by atoms with van der Waals surface area (Å²) in [6.07, 6.45) is 0.847. The number of benzene rings is 1. The Morgan fingerprint density at radius 3 is 2.78 bits per heavy atom. The molecule has 1 aromatic carbocycles. The number of nitrogens with zero attached hydrogens (tertiary/aromatic N) is 2. The van der Waals surface area contributed by atoms with Gasteiger partial charge in [-0.2, -0.15) is 0 Å². The summed E-state index contributed by atoms with van der Waals surface area (Å²) in [6, 6.07) is 7.52. The molecule has 4 rings (SSSR count). The summed E-state index contributed by atoms with van der Waals surface area (Å²) in [5, 5.41) is 5.57. The summed E-state index contributed by atoms with van der Waals surface area (Å²) in [5.41, 5.74) is 1.61. The van der Waals surface area contributed by atoms with Gasteiger partial charge in [-0.1, -0.05) is 31.7 Å². The van der Waals surface area contributed by atoms with E-state index in [1.165, 1.54) is 23.1 Å². The van der Waals surface area contributed by atoms with Crippen molar-refractivity contribution in [3.05, 3.63) is 45.6 Å². The second-order valence-corrected chi connectivity index (χ2v) is 9.77. The summed E-state index contributed by atoms with van der Waals surface area (Å²) in [6.45, 7) is 7.82. The molecule has 2 aromatic heterocycles. The number of thioether (sulfide) groups is 1. The minimum atomic E-state index is -0.166. The highest BCUT2D eigenvalue weighted by Gasteiger charge is 2.22. The Kier molecular flexibility index (Phi) is 7.05. The highest BCUT2D eigenvalue weighted by molar-refractivity contribution is 7.99. The molecule has 3 heterocycles. The van der Waals surface area contributed by atoms with Crippen molar-refractivity contribution in [1.29, 1.82) is 0 Å². The lowest BCUT2D eigenvalue weighted by Gasteiger charge is -2.24. The molecular weight excluding hydrogens is 446 g/mol. The topological polar surface area (TPSA) is 82.5 Å². The van der Waals surface area contributed by atoms with Crippen LogP contribution in [0.5, 0.6) is 11.5 Å². The van der Waals surface area contributed by atoms with Crippen LogP contribution in [0.1, 0.15) is 38.8 Å². The van der Waals surface area contributed by atoms with Gasteiger partial charge < -0.3 is 14.8 Å². The summed E-state index contributed by atoms with van der Waals surface area (Å²) in [7, 11) is 0. The van der Waals surface area contributed by atoms with E-state index in [2.05, 4.69) is 24.1 Å². The largest absolute Gasteiger partial charge is 0.490 e. The molecular formula is C23H27N3O4S2. The van der Waals surface area contributed by atoms with Crippen LogP contribution in [0, 0.1) is 5.92 Å². The van der Waals surface area contributed by atoms with Gasteiger partial charge in [-0.15, -0.1) is 11.3 Å². The van der Waals surface area contributed by atoms with Gasteiger partial charge in [0.15, 0.2) is 16.7 Å². The highest BCUT2D eigenvalue weighted by atomic mass is 32.2. The number of carbonyl (C=O) groups is 1. The summed E-state index contributed by atoms with van der Waals surface area (Å²) >= 11 is 2.68. The zero-order valence-electron chi connectivity index (χ0n) is 18.4. The van der Waals surface area contributed by atoms with Crippen LogP contribution >= 0.6 is 23.1 Å². The monoisotopic (exact) mass is 473 g/mol. The van der Waals surface area contributed by atoms with Gasteiger partial charge in [-0.05, 0) is 42.0 Å². The quantitative estimate of drug-likeness (QED) is 0.408. The van der Waals surface area contributed by atoms with Crippen LogP contribution in [-0.2, 0) is 11.3 Å². The number of rotatable bonds is 7. The molecule has 3 aromatic rings. The lowest BCUT2D eigenvalue weighted by molar-refractivity contribution is -0.119. The van der Waals surface area contributed by atoms with Crippen molar-refractivity contribution in [1.82, 2.24) is 14.9 Å². The Bertz CT molecular complexity index is 1170. The molecule has 7 nitrogen and oxygen atoms in total. The average Bonchev–Trinajstić information content (AvgIpc) is 3.13. The van der Waals surface area contributed by atoms with E-state index in [-0.39, 0.29) is 29.2 Å². The van der Waals surface area contributed by atoms with E-state index >= 15 is 0 Å². The fourth-order valence-corrected chi connectivity index (χ4v) is 5.32. The smallest absolute Gasteiger partial charge is 0.272 e. The van der Waals surface area contributed by atoms with E-state index in [0.717, 1.165) is 23.5 Å². The molecule has 32 heavy (non-hydrogen) atoms. The minimum absolute atomic E-state index is 0.0531. The first-order chi connectivity index (χ1) is 15.5. The summed E-state index contributed by atoms with van der Waals surface area (Å²) in [5.74, 6) is 1.71. The summed E-state index contributed by atoms with van der Waals surface area (Å²) in [4.78, 5) is 30.1. The van der Waals surface area contributed by atoms with E-state index in [9.17, 15) is 9.59 Å². The molecule has 1 unspecified atom stereocenters. The third kappa shape index (κ3) is 4.78. The van der Waals surface area contributed by atoms with Crippen LogP contribution in [0.3, 0.4) is 0 Å². The van der Waals surface area contributed by atoms with Crippen molar-refractivity contribution in [3.63, 3.8) is 0 Å². The molecule has 9 heteroatoms. The Morgan fingerprint density at radius 1 is 1.25 bits per heavy atom. The van der Waals surface area contributed by atoms with Crippen LogP contribution in [0.15, 0.2) is 39.6 Å². The lowest BCUT2D eigenvalue weighted by Crippen LogP contribution is -2.33. The van der Waals surface area contributed by atoms with Gasteiger partial charge in [-0.3, -0.25) is 14.2 Å². The van der Waals surface area contributed by atoms with Gasteiger partial charge in [0.05, 0.1) is 30.5 Å². The third-order valence-corrected chi connectivity index (χ3v) is 7.16. The Morgan fingerprint density at radius 2 is 2.03 bits per heavy atom. The molecule has 0 fully saturated rings. The number of carbonyl (C=O) groups excluding carboxylic acids is 1. The molecule has 170 valence electrons. The van der Waals surface area contributed by atoms with Gasteiger partial charge >= 0.3 is 0 Å². The maximum atomic E-state index is 12.8. The molecule has 0 spiro atoms. The molecule has 0 saturated carbocycles. The molecule has 0 aliphatic carbocycles. The van der Waals surface area contributed by atoms with Crippen LogP contribution in [0.2, 0.25) is 0 Å². The molecule has 0 radical (unpaired) electrons. The molecule has 1 amide bonds. The number of ether oxygens (including phenoxy) is 2. The van der Waals surface area contributed by atoms with Gasteiger partial charge in [0, 0.05) is 13.0 Å². The number of aromatic nitrogens is 2. The standard InChI is InChI=1S/C23H27N3O4S2/c1-4-26-22(28)21-16(8-11-31-21)24-23(26)32-13-19(27)25-20(14(2)3)15-6-7-17-18(12-15)30-10-5-9-29-17/h6-8,11-12,14,20H,4-5,9-10,13H2,1-3H3,(H,25,27). The van der Waals surface area contributed by atoms with E-state index in [4.69, 9.17) is 9.47 Å². The van der Waals surface area contributed by atoms with Crippen molar-refractivity contribution in [3.8, 4) is 11.5 Å². The van der Waals surface area contributed by atoms with Gasteiger partial charge in [0.1, 0.15) is 4.70 Å².